The summed E-state index contributed by atoms with van der Waals surface area (Å²) in [5.41, 5.74) is 0. The predicted molar refractivity (Wildman–Crippen MR) is 49.1 cm³/mol. The average molecular weight is 184 g/mol. The molecule has 0 radical (unpaired) electrons. The topological polar surface area (TPSA) is 40.6 Å². The maximum absolute atomic E-state index is 11.4. The van der Waals surface area contributed by atoms with Crippen molar-refractivity contribution in [3.63, 3.8) is 0 Å². The molecular weight excluding hydrogens is 168 g/mol. The Kier molecular flexibility index (Phi) is 3.73. The van der Waals surface area contributed by atoms with E-state index in [-0.39, 0.29) is 5.91 Å². The number of hydrogen-bond acceptors (Lipinski definition) is 2. The minimum atomic E-state index is 0.216. The summed E-state index contributed by atoms with van der Waals surface area (Å²) in [5, 5.41) is 0. The van der Waals surface area contributed by atoms with Crippen LogP contribution in [0.4, 0.5) is 0 Å². The Balaban J connectivity index is 2.31. The standard InChI is InChI=1S/C9H16N2O2/c1-2-3-9(13)11-6-4-10(8-12)5-7-11/h8H,2-7H2,1H3. The molecule has 0 bridgehead atoms. The van der Waals surface area contributed by atoms with Crippen molar-refractivity contribution >= 4 is 12.3 Å². The fourth-order valence-electron chi connectivity index (χ4n) is 1.45. The number of hydrogen-bond donors (Lipinski definition) is 0. The van der Waals surface area contributed by atoms with Gasteiger partial charge in [0.2, 0.25) is 12.3 Å². The lowest BCUT2D eigenvalue weighted by molar-refractivity contribution is -0.135. The highest BCUT2D eigenvalue weighted by Gasteiger charge is 2.18. The summed E-state index contributed by atoms with van der Waals surface area (Å²) in [6.07, 6.45) is 2.37. The summed E-state index contributed by atoms with van der Waals surface area (Å²) in [6, 6.07) is 0. The number of carbonyl (C=O) groups is 2. The van der Waals surface area contributed by atoms with Gasteiger partial charge in [-0.25, -0.2) is 0 Å². The van der Waals surface area contributed by atoms with E-state index in [1.54, 1.807) is 4.90 Å². The molecule has 74 valence electrons. The third-order valence-corrected chi connectivity index (χ3v) is 2.28. The van der Waals surface area contributed by atoms with Crippen LogP contribution in [-0.4, -0.2) is 48.3 Å². The molecule has 0 aromatic rings. The van der Waals surface area contributed by atoms with Crippen LogP contribution in [-0.2, 0) is 9.59 Å². The van der Waals surface area contributed by atoms with Gasteiger partial charge in [-0.05, 0) is 6.42 Å². The fourth-order valence-corrected chi connectivity index (χ4v) is 1.45. The van der Waals surface area contributed by atoms with Gasteiger partial charge in [0.05, 0.1) is 0 Å². The van der Waals surface area contributed by atoms with Crippen molar-refractivity contribution in [1.82, 2.24) is 9.80 Å². The van der Waals surface area contributed by atoms with Crippen LogP contribution >= 0.6 is 0 Å². The van der Waals surface area contributed by atoms with Crippen molar-refractivity contribution in [1.29, 1.82) is 0 Å². The summed E-state index contributed by atoms with van der Waals surface area (Å²) in [7, 11) is 0. The second kappa shape index (κ2) is 4.84. The van der Waals surface area contributed by atoms with Gasteiger partial charge >= 0.3 is 0 Å². The van der Waals surface area contributed by atoms with E-state index in [4.69, 9.17) is 0 Å². The first kappa shape index (κ1) is 10.0. The van der Waals surface area contributed by atoms with Crippen molar-refractivity contribution < 1.29 is 9.59 Å². The van der Waals surface area contributed by atoms with Crippen molar-refractivity contribution in [2.45, 2.75) is 19.8 Å². The largest absolute Gasteiger partial charge is 0.342 e. The lowest BCUT2D eigenvalue weighted by atomic mass is 10.2. The number of amides is 2. The third-order valence-electron chi connectivity index (χ3n) is 2.28. The molecule has 1 saturated heterocycles. The molecule has 0 aromatic heterocycles. The monoisotopic (exact) mass is 184 g/mol. The Labute approximate surface area is 78.5 Å². The minimum Gasteiger partial charge on any atom is -0.342 e. The Hall–Kier alpha value is -1.06. The van der Waals surface area contributed by atoms with Gasteiger partial charge < -0.3 is 9.80 Å². The van der Waals surface area contributed by atoms with Gasteiger partial charge in [0.25, 0.3) is 0 Å². The zero-order chi connectivity index (χ0) is 9.68. The minimum absolute atomic E-state index is 0.216. The maximum atomic E-state index is 11.4. The zero-order valence-corrected chi connectivity index (χ0v) is 8.03. The molecule has 4 nitrogen and oxygen atoms in total. The molecule has 0 N–H and O–H groups in total. The fraction of sp³-hybridized carbons (Fsp3) is 0.778. The molecule has 0 spiro atoms. The van der Waals surface area contributed by atoms with Crippen LogP contribution < -0.4 is 0 Å². The van der Waals surface area contributed by atoms with Crippen molar-refractivity contribution in [2.75, 3.05) is 26.2 Å². The normalized spacial score (nSPS) is 17.3. The molecule has 1 aliphatic rings. The highest BCUT2D eigenvalue weighted by molar-refractivity contribution is 5.76. The SMILES string of the molecule is CCCC(=O)N1CCN(C=O)CC1. The molecule has 1 aliphatic heterocycles. The predicted octanol–water partition coefficient (Wildman–Crippen LogP) is 0.0871. The van der Waals surface area contributed by atoms with Crippen LogP contribution in [0.5, 0.6) is 0 Å². The number of piperazine rings is 1. The smallest absolute Gasteiger partial charge is 0.222 e. The van der Waals surface area contributed by atoms with E-state index >= 15 is 0 Å². The van der Waals surface area contributed by atoms with E-state index in [9.17, 15) is 9.59 Å². The van der Waals surface area contributed by atoms with Crippen molar-refractivity contribution in [3.8, 4) is 0 Å². The van der Waals surface area contributed by atoms with Crippen molar-refractivity contribution in [3.05, 3.63) is 0 Å². The Morgan fingerprint density at radius 3 is 2.38 bits per heavy atom. The first-order chi connectivity index (χ1) is 6.27. The molecule has 4 heteroatoms. The van der Waals surface area contributed by atoms with E-state index in [0.717, 1.165) is 12.8 Å². The molecular formula is C9H16N2O2. The van der Waals surface area contributed by atoms with Gasteiger partial charge in [0, 0.05) is 32.6 Å². The molecule has 0 aliphatic carbocycles. The molecule has 1 heterocycles. The van der Waals surface area contributed by atoms with Crippen LogP contribution in [0.25, 0.3) is 0 Å². The van der Waals surface area contributed by atoms with Gasteiger partial charge in [-0.15, -0.1) is 0 Å². The van der Waals surface area contributed by atoms with Gasteiger partial charge in [-0.1, -0.05) is 6.92 Å². The van der Waals surface area contributed by atoms with E-state index in [1.807, 2.05) is 11.8 Å². The lowest BCUT2D eigenvalue weighted by Crippen LogP contribution is -2.48. The summed E-state index contributed by atoms with van der Waals surface area (Å²) in [6.45, 7) is 4.74. The van der Waals surface area contributed by atoms with E-state index in [2.05, 4.69) is 0 Å². The first-order valence-corrected chi connectivity index (χ1v) is 4.75. The summed E-state index contributed by atoms with van der Waals surface area (Å²) < 4.78 is 0. The van der Waals surface area contributed by atoms with Crippen LogP contribution in [0.2, 0.25) is 0 Å². The van der Waals surface area contributed by atoms with Gasteiger partial charge in [0.1, 0.15) is 0 Å². The van der Waals surface area contributed by atoms with Crippen LogP contribution in [0, 0.1) is 0 Å². The second-order valence-electron chi connectivity index (χ2n) is 3.27. The summed E-state index contributed by atoms with van der Waals surface area (Å²) in [5.74, 6) is 0.216. The molecule has 13 heavy (non-hydrogen) atoms. The van der Waals surface area contributed by atoms with E-state index in [1.165, 1.54) is 0 Å². The van der Waals surface area contributed by atoms with Gasteiger partial charge in [-0.2, -0.15) is 0 Å². The van der Waals surface area contributed by atoms with Crippen LogP contribution in [0.15, 0.2) is 0 Å². The maximum Gasteiger partial charge on any atom is 0.222 e. The van der Waals surface area contributed by atoms with Crippen LogP contribution in [0.1, 0.15) is 19.8 Å². The molecule has 1 rings (SSSR count). The lowest BCUT2D eigenvalue weighted by Gasteiger charge is -2.32. The summed E-state index contributed by atoms with van der Waals surface area (Å²) >= 11 is 0. The van der Waals surface area contributed by atoms with Gasteiger partial charge in [-0.3, -0.25) is 9.59 Å². The van der Waals surface area contributed by atoms with Crippen LogP contribution in [0.3, 0.4) is 0 Å². The Morgan fingerprint density at radius 2 is 1.92 bits per heavy atom. The molecule has 1 fully saturated rings. The van der Waals surface area contributed by atoms with Crippen molar-refractivity contribution in [2.24, 2.45) is 0 Å². The van der Waals surface area contributed by atoms with E-state index < -0.39 is 0 Å². The molecule has 0 aromatic carbocycles. The number of nitrogens with zero attached hydrogens (tertiary/aromatic N) is 2. The quantitative estimate of drug-likeness (QED) is 0.583. The first-order valence-electron chi connectivity index (χ1n) is 4.75. The average Bonchev–Trinajstić information content (AvgIpc) is 2.18. The number of carbonyl (C=O) groups excluding carboxylic acids is 2. The Morgan fingerprint density at radius 1 is 1.31 bits per heavy atom. The highest BCUT2D eigenvalue weighted by atomic mass is 16.2. The molecule has 0 unspecified atom stereocenters. The summed E-state index contributed by atoms with van der Waals surface area (Å²) in [4.78, 5) is 25.3. The molecule has 0 saturated carbocycles. The highest BCUT2D eigenvalue weighted by Crippen LogP contribution is 2.03. The van der Waals surface area contributed by atoms with E-state index in [0.29, 0.717) is 32.6 Å². The zero-order valence-electron chi connectivity index (χ0n) is 8.03. The Bertz CT molecular complexity index is 186. The van der Waals surface area contributed by atoms with Gasteiger partial charge in [0.15, 0.2) is 0 Å². The molecule has 2 amide bonds. The second-order valence-corrected chi connectivity index (χ2v) is 3.27. The molecule has 0 atom stereocenters. The number of rotatable bonds is 3. The third kappa shape index (κ3) is 2.72.